The number of aliphatic carboxylic acids is 1. The summed E-state index contributed by atoms with van der Waals surface area (Å²) in [6.07, 6.45) is 4.23. The first-order valence-electron chi connectivity index (χ1n) is 6.73. The Morgan fingerprint density at radius 1 is 1.39 bits per heavy atom. The first-order chi connectivity index (χ1) is 8.52. The molecule has 0 aromatic carbocycles. The number of hydrogen-bond donors (Lipinski definition) is 2. The lowest BCUT2D eigenvalue weighted by Crippen LogP contribution is -2.41. The Bertz CT molecular complexity index is 337. The number of nitrogens with one attached hydrogen (secondary N) is 1. The van der Waals surface area contributed by atoms with E-state index in [0.29, 0.717) is 12.8 Å². The SMILES string of the molecule is CN1CCC(NC(=O)CC2(C(=O)O)CCCC2)C1. The van der Waals surface area contributed by atoms with Gasteiger partial charge in [0, 0.05) is 19.0 Å². The van der Waals surface area contributed by atoms with Gasteiger partial charge in [0.25, 0.3) is 0 Å². The maximum absolute atomic E-state index is 12.0. The number of amides is 1. The largest absolute Gasteiger partial charge is 0.481 e. The minimum absolute atomic E-state index is 0.0976. The average Bonchev–Trinajstić information content (AvgIpc) is 2.89. The van der Waals surface area contributed by atoms with Crippen LogP contribution in [0.25, 0.3) is 0 Å². The minimum Gasteiger partial charge on any atom is -0.481 e. The number of likely N-dealkylation sites (tertiary alicyclic amines) is 1. The first-order valence-corrected chi connectivity index (χ1v) is 6.73. The van der Waals surface area contributed by atoms with Crippen LogP contribution in [0.15, 0.2) is 0 Å². The highest BCUT2D eigenvalue weighted by Crippen LogP contribution is 2.41. The van der Waals surface area contributed by atoms with Gasteiger partial charge in [0.05, 0.1) is 5.41 Å². The van der Waals surface area contributed by atoms with E-state index in [0.717, 1.165) is 32.4 Å². The van der Waals surface area contributed by atoms with Crippen molar-refractivity contribution >= 4 is 11.9 Å². The van der Waals surface area contributed by atoms with Crippen LogP contribution in [0, 0.1) is 5.41 Å². The molecule has 0 spiro atoms. The molecule has 0 radical (unpaired) electrons. The Hall–Kier alpha value is -1.10. The summed E-state index contributed by atoms with van der Waals surface area (Å²) in [5.74, 6) is -0.904. The Morgan fingerprint density at radius 3 is 2.56 bits per heavy atom. The second-order valence-corrected chi connectivity index (χ2v) is 5.78. The molecule has 102 valence electrons. The van der Waals surface area contributed by atoms with E-state index in [4.69, 9.17) is 0 Å². The van der Waals surface area contributed by atoms with Gasteiger partial charge in [-0.05, 0) is 32.9 Å². The summed E-state index contributed by atoms with van der Waals surface area (Å²) in [5, 5.41) is 12.3. The van der Waals surface area contributed by atoms with Crippen molar-refractivity contribution in [1.82, 2.24) is 10.2 Å². The summed E-state index contributed by atoms with van der Waals surface area (Å²) >= 11 is 0. The van der Waals surface area contributed by atoms with Gasteiger partial charge in [0.15, 0.2) is 0 Å². The van der Waals surface area contributed by atoms with Crippen molar-refractivity contribution in [1.29, 1.82) is 0 Å². The van der Waals surface area contributed by atoms with Crippen molar-refractivity contribution in [3.63, 3.8) is 0 Å². The topological polar surface area (TPSA) is 69.6 Å². The molecule has 1 aliphatic carbocycles. The standard InChI is InChI=1S/C13H22N2O3/c1-15-7-4-10(9-15)14-11(16)8-13(12(17)18)5-2-3-6-13/h10H,2-9H2,1H3,(H,14,16)(H,17,18). The summed E-state index contributed by atoms with van der Waals surface area (Å²) in [6, 6.07) is 0.190. The normalized spacial score (nSPS) is 27.3. The van der Waals surface area contributed by atoms with Crippen molar-refractivity contribution in [3.8, 4) is 0 Å². The first kappa shape index (κ1) is 13.3. The smallest absolute Gasteiger partial charge is 0.310 e. The van der Waals surface area contributed by atoms with Crippen LogP contribution in [0.2, 0.25) is 0 Å². The highest BCUT2D eigenvalue weighted by Gasteiger charge is 2.43. The van der Waals surface area contributed by atoms with Gasteiger partial charge >= 0.3 is 5.97 Å². The van der Waals surface area contributed by atoms with E-state index >= 15 is 0 Å². The van der Waals surface area contributed by atoms with Crippen molar-refractivity contribution in [2.45, 2.75) is 44.6 Å². The van der Waals surface area contributed by atoms with Crippen molar-refractivity contribution in [3.05, 3.63) is 0 Å². The number of hydrogen-bond acceptors (Lipinski definition) is 3. The molecular formula is C13H22N2O3. The Morgan fingerprint density at radius 2 is 2.06 bits per heavy atom. The second-order valence-electron chi connectivity index (χ2n) is 5.78. The lowest BCUT2D eigenvalue weighted by atomic mass is 9.82. The molecule has 1 amide bonds. The molecule has 0 bridgehead atoms. The number of carboxylic acids is 1. The number of carboxylic acid groups (broad SMARTS) is 1. The van der Waals surface area contributed by atoms with Crippen LogP contribution in [-0.2, 0) is 9.59 Å². The van der Waals surface area contributed by atoms with E-state index in [1.54, 1.807) is 0 Å². The third-order valence-corrected chi connectivity index (χ3v) is 4.27. The molecule has 1 aliphatic heterocycles. The summed E-state index contributed by atoms with van der Waals surface area (Å²) in [5.41, 5.74) is -0.797. The van der Waals surface area contributed by atoms with Crippen LogP contribution < -0.4 is 5.32 Å². The zero-order valence-electron chi connectivity index (χ0n) is 10.9. The fourth-order valence-electron chi connectivity index (χ4n) is 3.16. The molecule has 2 N–H and O–H groups in total. The molecule has 2 aliphatic rings. The van der Waals surface area contributed by atoms with E-state index in [-0.39, 0.29) is 18.4 Å². The van der Waals surface area contributed by atoms with Crippen LogP contribution in [0.3, 0.4) is 0 Å². The lowest BCUT2D eigenvalue weighted by molar-refractivity contribution is -0.151. The fraction of sp³-hybridized carbons (Fsp3) is 0.846. The van der Waals surface area contributed by atoms with Gasteiger partial charge in [0.1, 0.15) is 0 Å². The van der Waals surface area contributed by atoms with Gasteiger partial charge in [-0.1, -0.05) is 12.8 Å². The molecule has 18 heavy (non-hydrogen) atoms. The van der Waals surface area contributed by atoms with Crippen molar-refractivity contribution < 1.29 is 14.7 Å². The summed E-state index contributed by atoms with van der Waals surface area (Å²) in [6.45, 7) is 1.86. The van der Waals surface area contributed by atoms with E-state index in [2.05, 4.69) is 10.2 Å². The Kier molecular flexibility index (Phi) is 3.90. The van der Waals surface area contributed by atoms with Crippen LogP contribution in [-0.4, -0.2) is 48.1 Å². The van der Waals surface area contributed by atoms with Crippen LogP contribution in [0.5, 0.6) is 0 Å². The fourth-order valence-corrected chi connectivity index (χ4v) is 3.16. The van der Waals surface area contributed by atoms with Gasteiger partial charge < -0.3 is 15.3 Å². The van der Waals surface area contributed by atoms with Crippen LogP contribution in [0.4, 0.5) is 0 Å². The van der Waals surface area contributed by atoms with E-state index in [1.807, 2.05) is 7.05 Å². The summed E-state index contributed by atoms with van der Waals surface area (Å²) in [4.78, 5) is 25.5. The highest BCUT2D eigenvalue weighted by atomic mass is 16.4. The van der Waals surface area contributed by atoms with Gasteiger partial charge in [-0.25, -0.2) is 0 Å². The maximum atomic E-state index is 12.0. The number of nitrogens with zero attached hydrogens (tertiary/aromatic N) is 1. The third-order valence-electron chi connectivity index (χ3n) is 4.27. The van der Waals surface area contributed by atoms with Crippen LogP contribution in [0.1, 0.15) is 38.5 Å². The summed E-state index contributed by atoms with van der Waals surface area (Å²) < 4.78 is 0. The molecular weight excluding hydrogens is 232 g/mol. The molecule has 1 saturated heterocycles. The molecule has 2 rings (SSSR count). The number of carbonyl (C=O) groups is 2. The Balaban J connectivity index is 1.88. The minimum atomic E-state index is -0.807. The predicted molar refractivity (Wildman–Crippen MR) is 67.2 cm³/mol. The van der Waals surface area contributed by atoms with Crippen molar-refractivity contribution in [2.75, 3.05) is 20.1 Å². The zero-order valence-corrected chi connectivity index (χ0v) is 10.9. The third kappa shape index (κ3) is 2.83. The molecule has 0 aromatic rings. The van der Waals surface area contributed by atoms with Crippen LogP contribution >= 0.6 is 0 Å². The number of rotatable bonds is 4. The zero-order chi connectivity index (χ0) is 13.2. The van der Waals surface area contributed by atoms with E-state index < -0.39 is 11.4 Å². The van der Waals surface area contributed by atoms with Crippen molar-refractivity contribution in [2.24, 2.45) is 5.41 Å². The monoisotopic (exact) mass is 254 g/mol. The van der Waals surface area contributed by atoms with E-state index in [1.165, 1.54) is 0 Å². The molecule has 0 aromatic heterocycles. The number of carbonyl (C=O) groups excluding carboxylic acids is 1. The van der Waals surface area contributed by atoms with Gasteiger partial charge in [-0.3, -0.25) is 9.59 Å². The number of likely N-dealkylation sites (N-methyl/N-ethyl adjacent to an activating group) is 1. The second kappa shape index (κ2) is 5.26. The quantitative estimate of drug-likeness (QED) is 0.780. The molecule has 1 atom stereocenters. The molecule has 1 unspecified atom stereocenters. The highest BCUT2D eigenvalue weighted by molar-refractivity contribution is 5.85. The maximum Gasteiger partial charge on any atom is 0.310 e. The molecule has 5 nitrogen and oxygen atoms in total. The van der Waals surface area contributed by atoms with Gasteiger partial charge in [0.2, 0.25) is 5.91 Å². The van der Waals surface area contributed by atoms with Gasteiger partial charge in [-0.15, -0.1) is 0 Å². The molecule has 1 heterocycles. The lowest BCUT2D eigenvalue weighted by Gasteiger charge is -2.24. The molecule has 1 saturated carbocycles. The summed E-state index contributed by atoms with van der Waals surface area (Å²) in [7, 11) is 2.03. The van der Waals surface area contributed by atoms with Gasteiger partial charge in [-0.2, -0.15) is 0 Å². The Labute approximate surface area is 108 Å². The molecule has 2 fully saturated rings. The predicted octanol–water partition coefficient (Wildman–Crippen LogP) is 0.842. The van der Waals surface area contributed by atoms with E-state index in [9.17, 15) is 14.7 Å². The average molecular weight is 254 g/mol. The molecule has 5 heteroatoms.